The number of fused-ring (bicyclic) bond motifs is 1. The Morgan fingerprint density at radius 3 is 2.59 bits per heavy atom. The van der Waals surface area contributed by atoms with E-state index in [1.165, 1.54) is 12.8 Å². The molecule has 2 unspecified atom stereocenters. The fraction of sp³-hybridized carbons (Fsp3) is 0.522. The molecule has 29 heavy (non-hydrogen) atoms. The molecule has 156 valence electrons. The van der Waals surface area contributed by atoms with Crippen molar-refractivity contribution in [1.29, 1.82) is 0 Å². The molecule has 2 atom stereocenters. The summed E-state index contributed by atoms with van der Waals surface area (Å²) in [5, 5.41) is 3.20. The van der Waals surface area contributed by atoms with Crippen LogP contribution in [0.25, 0.3) is 0 Å². The minimum atomic E-state index is -0.173. The number of nitrogens with zero attached hydrogens (tertiary/aromatic N) is 1. The number of carbonyl (C=O) groups is 1. The number of furan rings is 1. The molecule has 1 aliphatic heterocycles. The number of rotatable bonds is 7. The van der Waals surface area contributed by atoms with Crippen molar-refractivity contribution >= 4 is 5.91 Å². The van der Waals surface area contributed by atoms with Crippen LogP contribution in [0.1, 0.15) is 49.0 Å². The minimum absolute atomic E-state index is 0.00144. The smallest absolute Gasteiger partial charge is 0.227 e. The van der Waals surface area contributed by atoms with Crippen LogP contribution in [-0.4, -0.2) is 44.7 Å². The molecule has 1 aromatic carbocycles. The quantitative estimate of drug-likeness (QED) is 0.770. The van der Waals surface area contributed by atoms with Crippen LogP contribution in [0.5, 0.6) is 11.5 Å². The highest BCUT2D eigenvalue weighted by Crippen LogP contribution is 2.41. The van der Waals surface area contributed by atoms with Gasteiger partial charge in [0, 0.05) is 6.54 Å². The molecule has 1 aliphatic carbocycles. The molecule has 0 radical (unpaired) electrons. The highest BCUT2D eigenvalue weighted by molar-refractivity contribution is 5.84. The van der Waals surface area contributed by atoms with Gasteiger partial charge in [-0.3, -0.25) is 9.69 Å². The first-order valence-electron chi connectivity index (χ1n) is 10.5. The Labute approximate surface area is 172 Å². The lowest BCUT2D eigenvalue weighted by Gasteiger charge is -2.27. The van der Waals surface area contributed by atoms with Gasteiger partial charge in [0.2, 0.25) is 5.91 Å². The lowest BCUT2D eigenvalue weighted by atomic mass is 9.84. The SMILES string of the molecule is CN(C)C(CNC(=O)C(c1ccc2c(c1)OCCO2)C1CCCC1)c1ccco1. The van der Waals surface area contributed by atoms with Crippen LogP contribution in [-0.2, 0) is 4.79 Å². The Kier molecular flexibility index (Phi) is 6.09. The molecule has 2 heterocycles. The first-order chi connectivity index (χ1) is 14.1. The van der Waals surface area contributed by atoms with E-state index >= 15 is 0 Å². The average molecular weight is 399 g/mol. The number of carbonyl (C=O) groups excluding carboxylic acids is 1. The zero-order valence-electron chi connectivity index (χ0n) is 17.2. The fourth-order valence-electron chi connectivity index (χ4n) is 4.51. The normalized spacial score (nSPS) is 18.6. The van der Waals surface area contributed by atoms with Gasteiger partial charge in [0.1, 0.15) is 19.0 Å². The van der Waals surface area contributed by atoms with Gasteiger partial charge < -0.3 is 19.2 Å². The van der Waals surface area contributed by atoms with E-state index in [0.717, 1.165) is 35.7 Å². The molecule has 0 spiro atoms. The second kappa shape index (κ2) is 8.91. The van der Waals surface area contributed by atoms with Crippen molar-refractivity contribution < 1.29 is 18.7 Å². The number of nitrogens with one attached hydrogen (secondary N) is 1. The van der Waals surface area contributed by atoms with Crippen LogP contribution in [0, 0.1) is 5.92 Å². The molecule has 6 heteroatoms. The maximum atomic E-state index is 13.4. The molecular formula is C23H30N2O4. The summed E-state index contributed by atoms with van der Waals surface area (Å²) in [6.45, 7) is 1.62. The Balaban J connectivity index is 1.53. The lowest BCUT2D eigenvalue weighted by molar-refractivity contribution is -0.124. The summed E-state index contributed by atoms with van der Waals surface area (Å²) in [4.78, 5) is 15.4. The third-order valence-corrected chi connectivity index (χ3v) is 6.04. The Hall–Kier alpha value is -2.47. The Bertz CT molecular complexity index is 812. The average Bonchev–Trinajstić information content (AvgIpc) is 3.43. The lowest BCUT2D eigenvalue weighted by Crippen LogP contribution is -2.38. The van der Waals surface area contributed by atoms with E-state index in [4.69, 9.17) is 13.9 Å². The number of ether oxygens (including phenoxy) is 2. The number of amides is 1. The van der Waals surface area contributed by atoms with E-state index in [2.05, 4.69) is 10.2 Å². The monoisotopic (exact) mass is 398 g/mol. The van der Waals surface area contributed by atoms with E-state index < -0.39 is 0 Å². The fourth-order valence-corrected chi connectivity index (χ4v) is 4.51. The Morgan fingerprint density at radius 1 is 1.14 bits per heavy atom. The predicted molar refractivity (Wildman–Crippen MR) is 110 cm³/mol. The van der Waals surface area contributed by atoms with Crippen LogP contribution in [0.4, 0.5) is 0 Å². The van der Waals surface area contributed by atoms with Gasteiger partial charge >= 0.3 is 0 Å². The van der Waals surface area contributed by atoms with Gasteiger partial charge in [0.05, 0.1) is 18.2 Å². The summed E-state index contributed by atoms with van der Waals surface area (Å²) in [5.74, 6) is 2.62. The first kappa shape index (κ1) is 19.8. The summed E-state index contributed by atoms with van der Waals surface area (Å²) in [5.41, 5.74) is 1.01. The van der Waals surface area contributed by atoms with Crippen molar-refractivity contribution in [2.75, 3.05) is 33.9 Å². The molecule has 1 saturated carbocycles. The molecule has 0 saturated heterocycles. The van der Waals surface area contributed by atoms with Crippen molar-refractivity contribution in [3.05, 3.63) is 47.9 Å². The minimum Gasteiger partial charge on any atom is -0.486 e. The summed E-state index contributed by atoms with van der Waals surface area (Å²) in [7, 11) is 3.99. The van der Waals surface area contributed by atoms with Crippen molar-refractivity contribution in [3.8, 4) is 11.5 Å². The predicted octanol–water partition coefficient (Wildman–Crippen LogP) is 3.74. The van der Waals surface area contributed by atoms with Crippen LogP contribution >= 0.6 is 0 Å². The van der Waals surface area contributed by atoms with Crippen molar-refractivity contribution in [3.63, 3.8) is 0 Å². The van der Waals surface area contributed by atoms with Crippen LogP contribution in [0.15, 0.2) is 41.0 Å². The summed E-state index contributed by atoms with van der Waals surface area (Å²) in [6.07, 6.45) is 6.21. The van der Waals surface area contributed by atoms with Gasteiger partial charge in [-0.2, -0.15) is 0 Å². The standard InChI is InChI=1S/C23H30N2O4/c1-25(2)18(19-8-5-11-27-19)15-24-23(26)22(16-6-3-4-7-16)17-9-10-20-21(14-17)29-13-12-28-20/h5,8-11,14,16,18,22H,3-4,6-7,12-13,15H2,1-2H3,(H,24,26). The zero-order chi connectivity index (χ0) is 20.2. The summed E-state index contributed by atoms with van der Waals surface area (Å²) in [6, 6.07) is 9.78. The largest absolute Gasteiger partial charge is 0.486 e. The third-order valence-electron chi connectivity index (χ3n) is 6.04. The van der Waals surface area contributed by atoms with Crippen LogP contribution < -0.4 is 14.8 Å². The maximum Gasteiger partial charge on any atom is 0.227 e. The highest BCUT2D eigenvalue weighted by Gasteiger charge is 2.33. The van der Waals surface area contributed by atoms with Gasteiger partial charge in [-0.05, 0) is 62.7 Å². The van der Waals surface area contributed by atoms with E-state index in [1.54, 1.807) is 6.26 Å². The molecule has 2 aromatic rings. The van der Waals surface area contributed by atoms with E-state index in [0.29, 0.717) is 25.7 Å². The van der Waals surface area contributed by atoms with Gasteiger partial charge in [0.25, 0.3) is 0 Å². The molecule has 1 amide bonds. The third kappa shape index (κ3) is 4.42. The van der Waals surface area contributed by atoms with E-state index in [1.807, 2.05) is 44.4 Å². The van der Waals surface area contributed by atoms with Gasteiger partial charge in [0.15, 0.2) is 11.5 Å². The zero-order valence-corrected chi connectivity index (χ0v) is 17.2. The van der Waals surface area contributed by atoms with Crippen LogP contribution in [0.3, 0.4) is 0 Å². The Morgan fingerprint density at radius 2 is 1.90 bits per heavy atom. The molecule has 1 N–H and O–H groups in total. The second-order valence-corrected chi connectivity index (χ2v) is 8.17. The first-order valence-corrected chi connectivity index (χ1v) is 10.5. The highest BCUT2D eigenvalue weighted by atomic mass is 16.6. The summed E-state index contributed by atoms with van der Waals surface area (Å²) < 4.78 is 17.0. The van der Waals surface area contributed by atoms with Crippen LogP contribution in [0.2, 0.25) is 0 Å². The molecule has 2 aliphatic rings. The number of hydrogen-bond acceptors (Lipinski definition) is 5. The van der Waals surface area contributed by atoms with Crippen molar-refractivity contribution in [2.24, 2.45) is 5.92 Å². The molecule has 6 nitrogen and oxygen atoms in total. The number of likely N-dealkylation sites (N-methyl/N-ethyl adjacent to an activating group) is 1. The molecule has 0 bridgehead atoms. The van der Waals surface area contributed by atoms with E-state index in [9.17, 15) is 4.79 Å². The number of hydrogen-bond donors (Lipinski definition) is 1. The van der Waals surface area contributed by atoms with E-state index in [-0.39, 0.29) is 17.9 Å². The van der Waals surface area contributed by atoms with Gasteiger partial charge in [-0.15, -0.1) is 0 Å². The topological polar surface area (TPSA) is 63.9 Å². The maximum absolute atomic E-state index is 13.4. The van der Waals surface area contributed by atoms with Gasteiger partial charge in [-0.25, -0.2) is 0 Å². The summed E-state index contributed by atoms with van der Waals surface area (Å²) >= 11 is 0. The van der Waals surface area contributed by atoms with Crippen molar-refractivity contribution in [1.82, 2.24) is 10.2 Å². The molecule has 1 aromatic heterocycles. The molecule has 1 fully saturated rings. The number of benzene rings is 1. The molecular weight excluding hydrogens is 368 g/mol. The molecule has 4 rings (SSSR count). The van der Waals surface area contributed by atoms with Crippen molar-refractivity contribution in [2.45, 2.75) is 37.6 Å². The second-order valence-electron chi connectivity index (χ2n) is 8.17. The van der Waals surface area contributed by atoms with Gasteiger partial charge in [-0.1, -0.05) is 18.9 Å².